The van der Waals surface area contributed by atoms with Crippen molar-refractivity contribution in [1.29, 1.82) is 0 Å². The maximum absolute atomic E-state index is 13.8. The summed E-state index contributed by atoms with van der Waals surface area (Å²) >= 11 is 0. The zero-order valence-corrected chi connectivity index (χ0v) is 12.1. The SMILES string of the molecule is CCCn1cc(C(=O)O)c(=O)c2cc(F)c(F)c(OC(F)(F)F)c21. The molecule has 1 aromatic heterocycles. The van der Waals surface area contributed by atoms with Crippen molar-refractivity contribution >= 4 is 16.9 Å². The molecule has 2 aromatic rings. The van der Waals surface area contributed by atoms with Crippen molar-refractivity contribution in [2.24, 2.45) is 0 Å². The number of alkyl halides is 3. The van der Waals surface area contributed by atoms with Crippen LogP contribution in [0.1, 0.15) is 23.7 Å². The fourth-order valence-corrected chi connectivity index (χ4v) is 2.25. The van der Waals surface area contributed by atoms with E-state index in [0.717, 1.165) is 10.8 Å². The molecule has 0 spiro atoms. The third-order valence-electron chi connectivity index (χ3n) is 3.12. The van der Waals surface area contributed by atoms with Gasteiger partial charge in [-0.25, -0.2) is 9.18 Å². The number of carbonyl (C=O) groups is 1. The first-order valence-electron chi connectivity index (χ1n) is 6.61. The van der Waals surface area contributed by atoms with Gasteiger partial charge >= 0.3 is 12.3 Å². The van der Waals surface area contributed by atoms with Gasteiger partial charge in [0.1, 0.15) is 5.56 Å². The minimum atomic E-state index is -5.33. The van der Waals surface area contributed by atoms with Crippen LogP contribution in [0.5, 0.6) is 5.75 Å². The largest absolute Gasteiger partial charge is 0.573 e. The Bertz CT molecular complexity index is 872. The Morgan fingerprint density at radius 3 is 2.46 bits per heavy atom. The van der Waals surface area contributed by atoms with Crippen LogP contribution in [-0.2, 0) is 6.54 Å². The number of aromatic nitrogens is 1. The van der Waals surface area contributed by atoms with E-state index in [2.05, 4.69) is 4.74 Å². The molecule has 0 saturated heterocycles. The van der Waals surface area contributed by atoms with E-state index in [1.54, 1.807) is 6.92 Å². The van der Waals surface area contributed by atoms with Crippen LogP contribution in [0, 0.1) is 11.6 Å². The molecule has 2 rings (SSSR count). The van der Waals surface area contributed by atoms with Gasteiger partial charge in [0.05, 0.1) is 10.9 Å². The summed E-state index contributed by atoms with van der Waals surface area (Å²) in [7, 11) is 0. The zero-order valence-electron chi connectivity index (χ0n) is 12.1. The van der Waals surface area contributed by atoms with Gasteiger partial charge in [-0.05, 0) is 12.5 Å². The number of pyridine rings is 1. The van der Waals surface area contributed by atoms with Gasteiger partial charge in [-0.15, -0.1) is 13.2 Å². The van der Waals surface area contributed by atoms with Crippen LogP contribution in [0.3, 0.4) is 0 Å². The van der Waals surface area contributed by atoms with E-state index in [1.165, 1.54) is 0 Å². The summed E-state index contributed by atoms with van der Waals surface area (Å²) in [5.74, 6) is -6.84. The fourth-order valence-electron chi connectivity index (χ4n) is 2.25. The number of nitrogens with zero attached hydrogens (tertiary/aromatic N) is 1. The van der Waals surface area contributed by atoms with Crippen LogP contribution >= 0.6 is 0 Å². The van der Waals surface area contributed by atoms with Crippen molar-refractivity contribution in [2.75, 3.05) is 0 Å². The topological polar surface area (TPSA) is 68.5 Å². The first-order chi connectivity index (χ1) is 11.1. The molecular weight excluding hydrogens is 341 g/mol. The zero-order chi connectivity index (χ0) is 18.2. The number of carboxylic acids is 1. The molecule has 1 heterocycles. The number of ether oxygens (including phenoxy) is 1. The summed E-state index contributed by atoms with van der Waals surface area (Å²) in [5, 5.41) is 8.28. The molecule has 0 aliphatic carbocycles. The monoisotopic (exact) mass is 351 g/mol. The molecule has 0 bridgehead atoms. The van der Waals surface area contributed by atoms with Gasteiger partial charge in [0, 0.05) is 12.7 Å². The molecule has 0 aliphatic heterocycles. The maximum Gasteiger partial charge on any atom is 0.573 e. The molecule has 1 aromatic carbocycles. The van der Waals surface area contributed by atoms with Crippen molar-refractivity contribution in [3.05, 3.63) is 39.7 Å². The van der Waals surface area contributed by atoms with Gasteiger partial charge in [0.2, 0.25) is 11.2 Å². The van der Waals surface area contributed by atoms with Crippen LogP contribution in [0.25, 0.3) is 10.9 Å². The smallest absolute Gasteiger partial charge is 0.477 e. The predicted octanol–water partition coefficient (Wildman–Crippen LogP) is 3.29. The highest BCUT2D eigenvalue weighted by molar-refractivity contribution is 5.94. The van der Waals surface area contributed by atoms with Gasteiger partial charge in [0.15, 0.2) is 11.6 Å². The van der Waals surface area contributed by atoms with Gasteiger partial charge < -0.3 is 14.4 Å². The highest BCUT2D eigenvalue weighted by Crippen LogP contribution is 2.34. The number of aryl methyl sites for hydroxylation is 1. The van der Waals surface area contributed by atoms with Crippen LogP contribution < -0.4 is 10.2 Å². The number of hydrogen-bond acceptors (Lipinski definition) is 3. The third-order valence-corrected chi connectivity index (χ3v) is 3.12. The third kappa shape index (κ3) is 3.17. The van der Waals surface area contributed by atoms with E-state index in [0.29, 0.717) is 12.5 Å². The van der Waals surface area contributed by atoms with Crippen molar-refractivity contribution in [3.8, 4) is 5.75 Å². The minimum Gasteiger partial charge on any atom is -0.477 e. The Morgan fingerprint density at radius 2 is 1.96 bits per heavy atom. The lowest BCUT2D eigenvalue weighted by Crippen LogP contribution is -2.23. The van der Waals surface area contributed by atoms with E-state index in [9.17, 15) is 31.5 Å². The molecule has 24 heavy (non-hydrogen) atoms. The van der Waals surface area contributed by atoms with Crippen molar-refractivity contribution in [1.82, 2.24) is 4.57 Å². The van der Waals surface area contributed by atoms with E-state index in [4.69, 9.17) is 5.11 Å². The van der Waals surface area contributed by atoms with Crippen LogP contribution in [0.15, 0.2) is 17.1 Å². The summed E-state index contributed by atoms with van der Waals surface area (Å²) in [6.45, 7) is 1.57. The van der Waals surface area contributed by atoms with Crippen LogP contribution in [0.2, 0.25) is 0 Å². The minimum absolute atomic E-state index is 0.0453. The molecule has 0 unspecified atom stereocenters. The Kier molecular flexibility index (Phi) is 4.50. The summed E-state index contributed by atoms with van der Waals surface area (Å²) < 4.78 is 69.4. The van der Waals surface area contributed by atoms with E-state index in [1.807, 2.05) is 0 Å². The lowest BCUT2D eigenvalue weighted by molar-refractivity contribution is -0.275. The number of aromatic carboxylic acids is 1. The van der Waals surface area contributed by atoms with Gasteiger partial charge in [-0.2, -0.15) is 4.39 Å². The van der Waals surface area contributed by atoms with E-state index >= 15 is 0 Å². The second-order valence-electron chi connectivity index (χ2n) is 4.82. The molecule has 0 saturated carbocycles. The Morgan fingerprint density at radius 1 is 1.33 bits per heavy atom. The van der Waals surface area contributed by atoms with Crippen LogP contribution in [-0.4, -0.2) is 22.0 Å². The number of rotatable bonds is 4. The molecule has 0 atom stereocenters. The normalized spacial score (nSPS) is 11.8. The standard InChI is InChI=1S/C14H10F5NO4/c1-2-3-20-5-7(13(22)23)11(21)6-4-8(15)9(16)12(10(6)20)24-14(17,18)19/h4-5H,2-3H2,1H3,(H,22,23). The predicted molar refractivity (Wildman–Crippen MR) is 72.1 cm³/mol. The number of hydrogen-bond donors (Lipinski definition) is 1. The number of fused-ring (bicyclic) bond motifs is 1. The molecule has 0 amide bonds. The lowest BCUT2D eigenvalue weighted by atomic mass is 10.1. The second-order valence-corrected chi connectivity index (χ2v) is 4.82. The number of carboxylic acid groups (broad SMARTS) is 1. The lowest BCUT2D eigenvalue weighted by Gasteiger charge is -2.17. The average Bonchev–Trinajstić information content (AvgIpc) is 2.45. The van der Waals surface area contributed by atoms with E-state index < -0.39 is 51.6 Å². The highest BCUT2D eigenvalue weighted by atomic mass is 19.4. The Balaban J connectivity index is 2.99. The quantitative estimate of drug-likeness (QED) is 0.859. The summed E-state index contributed by atoms with van der Waals surface area (Å²) in [6.07, 6.45) is -4.24. The second kappa shape index (κ2) is 6.10. The van der Waals surface area contributed by atoms with Crippen molar-refractivity contribution < 1.29 is 36.6 Å². The highest BCUT2D eigenvalue weighted by Gasteiger charge is 2.35. The van der Waals surface area contributed by atoms with Gasteiger partial charge in [0.25, 0.3) is 0 Å². The molecule has 1 N–H and O–H groups in total. The fraction of sp³-hybridized carbons (Fsp3) is 0.286. The Hall–Kier alpha value is -2.65. The van der Waals surface area contributed by atoms with Gasteiger partial charge in [-0.3, -0.25) is 4.79 Å². The molecule has 0 radical (unpaired) electrons. The Labute approximate surface area is 130 Å². The number of halogens is 5. The molecule has 5 nitrogen and oxygen atoms in total. The molecule has 10 heteroatoms. The molecule has 0 fully saturated rings. The maximum atomic E-state index is 13.8. The molecule has 0 aliphatic rings. The van der Waals surface area contributed by atoms with Crippen molar-refractivity contribution in [2.45, 2.75) is 26.3 Å². The average molecular weight is 351 g/mol. The van der Waals surface area contributed by atoms with Gasteiger partial charge in [-0.1, -0.05) is 6.92 Å². The van der Waals surface area contributed by atoms with E-state index in [-0.39, 0.29) is 6.54 Å². The van der Waals surface area contributed by atoms with Crippen molar-refractivity contribution in [3.63, 3.8) is 0 Å². The molecular formula is C14H10F5NO4. The number of benzene rings is 1. The first kappa shape index (κ1) is 17.7. The first-order valence-corrected chi connectivity index (χ1v) is 6.61. The summed E-state index contributed by atoms with van der Waals surface area (Å²) in [6, 6.07) is 0.356. The summed E-state index contributed by atoms with van der Waals surface area (Å²) in [5.41, 5.74) is -2.68. The molecule has 130 valence electrons. The summed E-state index contributed by atoms with van der Waals surface area (Å²) in [4.78, 5) is 23.2. The van der Waals surface area contributed by atoms with Crippen LogP contribution in [0.4, 0.5) is 22.0 Å².